The molecule has 4 aromatic rings. The molecule has 9 nitrogen and oxygen atoms in total. The van der Waals surface area contributed by atoms with Crippen molar-refractivity contribution in [2.75, 3.05) is 48.6 Å². The Morgan fingerprint density at radius 1 is 0.848 bits per heavy atom. The van der Waals surface area contributed by atoms with Crippen LogP contribution >= 0.6 is 0 Å². The quantitative estimate of drug-likeness (QED) is 0.102. The first-order valence-corrected chi connectivity index (χ1v) is 15.8. The Hall–Kier alpha value is -4.50. The Morgan fingerprint density at radius 3 is 2.22 bits per heavy atom. The van der Waals surface area contributed by atoms with Crippen molar-refractivity contribution < 1.29 is 28.5 Å². The average molecular weight is 630 g/mol. The number of hydrogen-bond donors (Lipinski definition) is 2. The molecule has 0 bridgehead atoms. The maximum atomic E-state index is 13.5. The van der Waals surface area contributed by atoms with Crippen LogP contribution in [0.4, 0.5) is 0 Å². The number of methoxy groups -OCH3 is 4. The molecule has 246 valence electrons. The molecule has 0 aliphatic heterocycles. The summed E-state index contributed by atoms with van der Waals surface area (Å²) in [5.41, 5.74) is 3.88. The van der Waals surface area contributed by atoms with E-state index >= 15 is 0 Å². The maximum absolute atomic E-state index is 13.5. The van der Waals surface area contributed by atoms with Gasteiger partial charge in [-0.1, -0.05) is 61.4 Å². The number of benzene rings is 3. The molecule has 2 atom stereocenters. The standard InChI is InChI=1S/C37H47N3O6/c1-40(36(41)28-22-33(43-2)35(45-4)34(23-28)44-3)25-30(20-26-14-8-6-9-15-26)38-19-13-7-10-16-27(37(42)46-5)21-29-24-39-32-18-12-11-17-31(29)32/h6,8-9,11-12,14-15,17-18,22-24,27,30,38-39H,7,10,13,16,19-21,25H2,1-5H3. The number of aromatic amines is 1. The lowest BCUT2D eigenvalue weighted by atomic mass is 9.93. The lowest BCUT2D eigenvalue weighted by Crippen LogP contribution is -2.43. The van der Waals surface area contributed by atoms with Crippen LogP contribution in [0.2, 0.25) is 0 Å². The summed E-state index contributed by atoms with van der Waals surface area (Å²) in [7, 11) is 7.88. The van der Waals surface area contributed by atoms with Gasteiger partial charge in [0, 0.05) is 42.3 Å². The Morgan fingerprint density at radius 2 is 1.54 bits per heavy atom. The van der Waals surface area contributed by atoms with Gasteiger partial charge in [-0.3, -0.25) is 9.59 Å². The van der Waals surface area contributed by atoms with Gasteiger partial charge in [0.15, 0.2) is 11.5 Å². The van der Waals surface area contributed by atoms with Crippen LogP contribution in [-0.2, 0) is 22.4 Å². The van der Waals surface area contributed by atoms with Crippen molar-refractivity contribution in [1.82, 2.24) is 15.2 Å². The minimum Gasteiger partial charge on any atom is -0.493 e. The molecule has 46 heavy (non-hydrogen) atoms. The van der Waals surface area contributed by atoms with Gasteiger partial charge in [0.2, 0.25) is 5.75 Å². The molecule has 4 rings (SSSR count). The number of ether oxygens (including phenoxy) is 4. The molecule has 9 heteroatoms. The molecule has 0 aliphatic carbocycles. The van der Waals surface area contributed by atoms with Crippen LogP contribution in [0.1, 0.15) is 47.2 Å². The molecule has 2 unspecified atom stereocenters. The van der Waals surface area contributed by atoms with Gasteiger partial charge in [0.25, 0.3) is 5.91 Å². The third-order valence-electron chi connectivity index (χ3n) is 8.42. The molecule has 0 aliphatic rings. The second-order valence-electron chi connectivity index (χ2n) is 11.6. The molecule has 1 heterocycles. The maximum Gasteiger partial charge on any atom is 0.308 e. The molecule has 1 amide bonds. The predicted molar refractivity (Wildman–Crippen MR) is 181 cm³/mol. The zero-order valence-electron chi connectivity index (χ0n) is 27.6. The van der Waals surface area contributed by atoms with E-state index in [1.165, 1.54) is 34.0 Å². The molecule has 3 aromatic carbocycles. The zero-order valence-corrected chi connectivity index (χ0v) is 27.6. The highest BCUT2D eigenvalue weighted by atomic mass is 16.5. The monoisotopic (exact) mass is 629 g/mol. The molecule has 2 N–H and O–H groups in total. The highest BCUT2D eigenvalue weighted by Crippen LogP contribution is 2.38. The number of aromatic nitrogens is 1. The molecule has 0 fully saturated rings. The number of rotatable bonds is 18. The summed E-state index contributed by atoms with van der Waals surface area (Å²) in [4.78, 5) is 31.2. The number of carbonyl (C=O) groups is 2. The van der Waals surface area contributed by atoms with Crippen molar-refractivity contribution >= 4 is 22.8 Å². The van der Waals surface area contributed by atoms with Crippen molar-refractivity contribution in [2.24, 2.45) is 5.92 Å². The summed E-state index contributed by atoms with van der Waals surface area (Å²) in [6.07, 6.45) is 7.06. The van der Waals surface area contributed by atoms with Crippen LogP contribution in [-0.4, -0.2) is 76.4 Å². The van der Waals surface area contributed by atoms with Crippen LogP contribution < -0.4 is 19.5 Å². The molecule has 0 saturated carbocycles. The van der Waals surface area contributed by atoms with Crippen LogP contribution in [0.3, 0.4) is 0 Å². The summed E-state index contributed by atoms with van der Waals surface area (Å²) >= 11 is 0. The highest BCUT2D eigenvalue weighted by Gasteiger charge is 2.23. The molecule has 1 aromatic heterocycles. The Bertz CT molecular complexity index is 1530. The molecule has 0 saturated heterocycles. The van der Waals surface area contributed by atoms with E-state index in [1.54, 1.807) is 17.0 Å². The predicted octanol–water partition coefficient (Wildman–Crippen LogP) is 6.06. The summed E-state index contributed by atoms with van der Waals surface area (Å²) in [5, 5.41) is 4.84. The number of likely N-dealkylation sites (N-methyl/N-ethyl adjacent to an activating group) is 1. The second kappa shape index (κ2) is 17.3. The normalized spacial score (nSPS) is 12.4. The first-order valence-electron chi connectivity index (χ1n) is 15.8. The van der Waals surface area contributed by atoms with Gasteiger partial charge in [-0.2, -0.15) is 0 Å². The van der Waals surface area contributed by atoms with Crippen LogP contribution in [0.25, 0.3) is 10.9 Å². The number of carbonyl (C=O) groups excluding carboxylic acids is 2. The number of esters is 1. The van der Waals surface area contributed by atoms with Gasteiger partial charge in [-0.05, 0) is 61.6 Å². The van der Waals surface area contributed by atoms with Crippen molar-refractivity contribution in [3.05, 3.63) is 89.6 Å². The van der Waals surface area contributed by atoms with Gasteiger partial charge in [-0.15, -0.1) is 0 Å². The van der Waals surface area contributed by atoms with E-state index in [0.717, 1.165) is 55.1 Å². The van der Waals surface area contributed by atoms with Crippen LogP contribution in [0.5, 0.6) is 17.2 Å². The lowest BCUT2D eigenvalue weighted by Gasteiger charge is -2.26. The van der Waals surface area contributed by atoms with Gasteiger partial charge in [0.05, 0.1) is 34.4 Å². The fraction of sp³-hybridized carbons (Fsp3) is 0.405. The number of unbranched alkanes of at least 4 members (excludes halogenated alkanes) is 2. The minimum atomic E-state index is -0.183. The molecular weight excluding hydrogens is 582 g/mol. The SMILES string of the molecule is COC(=O)C(CCCCCNC(Cc1ccccc1)CN(C)C(=O)c1cc(OC)c(OC)c(OC)c1)Cc1c[nH]c2ccccc12. The van der Waals surface area contributed by atoms with E-state index in [2.05, 4.69) is 28.5 Å². The summed E-state index contributed by atoms with van der Waals surface area (Å²) in [5.74, 6) is 0.845. The number of H-pyrrole nitrogens is 1. The van der Waals surface area contributed by atoms with Crippen LogP contribution in [0, 0.1) is 5.92 Å². The average Bonchev–Trinajstić information content (AvgIpc) is 3.50. The Kier molecular flexibility index (Phi) is 12.9. The summed E-state index contributed by atoms with van der Waals surface area (Å²) in [6.45, 7) is 1.31. The first-order chi connectivity index (χ1) is 22.4. The van der Waals surface area contributed by atoms with E-state index in [-0.39, 0.29) is 23.8 Å². The zero-order chi connectivity index (χ0) is 32.9. The van der Waals surface area contributed by atoms with E-state index in [1.807, 2.05) is 49.6 Å². The smallest absolute Gasteiger partial charge is 0.308 e. The van der Waals surface area contributed by atoms with E-state index in [9.17, 15) is 9.59 Å². The molecule has 0 spiro atoms. The van der Waals surface area contributed by atoms with Crippen molar-refractivity contribution in [3.63, 3.8) is 0 Å². The molecular formula is C37H47N3O6. The minimum absolute atomic E-state index is 0.0445. The van der Waals surface area contributed by atoms with Gasteiger partial charge >= 0.3 is 5.97 Å². The Labute approximate surface area is 272 Å². The van der Waals surface area contributed by atoms with E-state index < -0.39 is 0 Å². The van der Waals surface area contributed by atoms with Crippen molar-refractivity contribution in [3.8, 4) is 17.2 Å². The number of nitrogens with one attached hydrogen (secondary N) is 2. The molecule has 0 radical (unpaired) electrons. The van der Waals surface area contributed by atoms with Crippen molar-refractivity contribution in [2.45, 2.75) is 44.6 Å². The second-order valence-corrected chi connectivity index (χ2v) is 11.6. The fourth-order valence-electron chi connectivity index (χ4n) is 5.97. The third-order valence-corrected chi connectivity index (χ3v) is 8.42. The lowest BCUT2D eigenvalue weighted by molar-refractivity contribution is -0.145. The number of fused-ring (bicyclic) bond motifs is 1. The fourth-order valence-corrected chi connectivity index (χ4v) is 5.97. The van der Waals surface area contributed by atoms with Crippen molar-refractivity contribution in [1.29, 1.82) is 0 Å². The summed E-state index contributed by atoms with van der Waals surface area (Å²) in [6, 6.07) is 21.8. The number of para-hydroxylation sites is 1. The number of nitrogens with zero attached hydrogens (tertiary/aromatic N) is 1. The largest absolute Gasteiger partial charge is 0.493 e. The third kappa shape index (κ3) is 9.03. The van der Waals surface area contributed by atoms with E-state index in [4.69, 9.17) is 18.9 Å². The number of hydrogen-bond acceptors (Lipinski definition) is 7. The Balaban J connectivity index is 1.33. The van der Waals surface area contributed by atoms with E-state index in [0.29, 0.717) is 35.8 Å². The number of amides is 1. The summed E-state index contributed by atoms with van der Waals surface area (Å²) < 4.78 is 21.5. The highest BCUT2D eigenvalue weighted by molar-refractivity contribution is 5.95. The van der Waals surface area contributed by atoms with Crippen LogP contribution in [0.15, 0.2) is 72.9 Å². The first kappa shape index (κ1) is 34.4. The van der Waals surface area contributed by atoms with Gasteiger partial charge in [-0.25, -0.2) is 0 Å². The van der Waals surface area contributed by atoms with Gasteiger partial charge < -0.3 is 34.1 Å². The van der Waals surface area contributed by atoms with Gasteiger partial charge in [0.1, 0.15) is 0 Å². The topological polar surface area (TPSA) is 102 Å².